The van der Waals surface area contributed by atoms with E-state index in [-0.39, 0.29) is 18.6 Å². The second kappa shape index (κ2) is 7.33. The molecule has 0 saturated carbocycles. The van der Waals surface area contributed by atoms with Gasteiger partial charge in [0.2, 0.25) is 0 Å². The van der Waals surface area contributed by atoms with Crippen LogP contribution in [0.3, 0.4) is 0 Å². The smallest absolute Gasteiger partial charge is 0.317 e. The fourth-order valence-electron chi connectivity index (χ4n) is 2.08. The molecule has 110 valence electrons. The lowest BCUT2D eigenvalue weighted by Gasteiger charge is -2.35. The molecular weight excluding hydrogens is 246 g/mol. The molecule has 1 aliphatic rings. The van der Waals surface area contributed by atoms with Gasteiger partial charge in [0.05, 0.1) is 6.54 Å². The van der Waals surface area contributed by atoms with Crippen molar-refractivity contribution in [2.45, 2.75) is 33.2 Å². The fraction of sp³-hybridized carbons (Fsp3) is 0.846. The summed E-state index contributed by atoms with van der Waals surface area (Å²) in [5, 5.41) is 11.7. The Morgan fingerprint density at radius 3 is 2.26 bits per heavy atom. The number of carbonyl (C=O) groups excluding carboxylic acids is 1. The molecule has 0 radical (unpaired) electrons. The molecule has 1 heterocycles. The van der Waals surface area contributed by atoms with Gasteiger partial charge in [-0.15, -0.1) is 0 Å². The zero-order valence-electron chi connectivity index (χ0n) is 12.1. The first-order valence-electron chi connectivity index (χ1n) is 6.93. The maximum absolute atomic E-state index is 12.0. The van der Waals surface area contributed by atoms with Crippen LogP contribution < -0.4 is 5.32 Å². The zero-order valence-corrected chi connectivity index (χ0v) is 12.1. The SMILES string of the molecule is CCC(C)C(C)NC(=O)N1CCN(CC(=O)O)CC1. The van der Waals surface area contributed by atoms with Gasteiger partial charge in [-0.05, 0) is 12.8 Å². The number of nitrogens with zero attached hydrogens (tertiary/aromatic N) is 2. The van der Waals surface area contributed by atoms with Gasteiger partial charge in [-0.1, -0.05) is 20.3 Å². The number of rotatable bonds is 5. The van der Waals surface area contributed by atoms with E-state index >= 15 is 0 Å². The van der Waals surface area contributed by atoms with Crippen LogP contribution in [0, 0.1) is 5.92 Å². The molecule has 2 atom stereocenters. The molecule has 1 rings (SSSR count). The summed E-state index contributed by atoms with van der Waals surface area (Å²) >= 11 is 0. The largest absolute Gasteiger partial charge is 0.480 e. The average Bonchev–Trinajstić information content (AvgIpc) is 2.37. The summed E-state index contributed by atoms with van der Waals surface area (Å²) in [6, 6.07) is 0.123. The third kappa shape index (κ3) is 5.06. The molecule has 1 aliphatic heterocycles. The summed E-state index contributed by atoms with van der Waals surface area (Å²) in [7, 11) is 0. The maximum Gasteiger partial charge on any atom is 0.317 e. The third-order valence-electron chi connectivity index (χ3n) is 3.87. The Bertz CT molecular complexity index is 314. The minimum atomic E-state index is -0.816. The predicted octanol–water partition coefficient (Wildman–Crippen LogP) is 0.833. The number of carboxylic acids is 1. The molecule has 19 heavy (non-hydrogen) atoms. The molecule has 2 unspecified atom stereocenters. The molecule has 1 fully saturated rings. The molecule has 0 bridgehead atoms. The maximum atomic E-state index is 12.0. The highest BCUT2D eigenvalue weighted by atomic mass is 16.4. The Kier molecular flexibility index (Phi) is 6.08. The van der Waals surface area contributed by atoms with E-state index in [1.165, 1.54) is 0 Å². The van der Waals surface area contributed by atoms with E-state index in [0.29, 0.717) is 32.1 Å². The normalized spacial score (nSPS) is 19.8. The number of piperazine rings is 1. The molecule has 1 saturated heterocycles. The standard InChI is InChI=1S/C13H25N3O3/c1-4-10(2)11(3)14-13(19)16-7-5-15(6-8-16)9-12(17)18/h10-11H,4-9H2,1-3H3,(H,14,19)(H,17,18). The number of carbonyl (C=O) groups is 2. The van der Waals surface area contributed by atoms with Crippen molar-refractivity contribution >= 4 is 12.0 Å². The summed E-state index contributed by atoms with van der Waals surface area (Å²) in [6.45, 7) is 8.73. The molecule has 0 aliphatic carbocycles. The highest BCUT2D eigenvalue weighted by Crippen LogP contribution is 2.08. The molecule has 0 aromatic heterocycles. The first-order chi connectivity index (χ1) is 8.93. The highest BCUT2D eigenvalue weighted by Gasteiger charge is 2.23. The molecule has 0 aromatic rings. The Labute approximate surface area is 114 Å². The van der Waals surface area contributed by atoms with E-state index in [1.807, 2.05) is 11.8 Å². The lowest BCUT2D eigenvalue weighted by molar-refractivity contribution is -0.138. The lowest BCUT2D eigenvalue weighted by Crippen LogP contribution is -2.54. The molecular formula is C13H25N3O3. The minimum Gasteiger partial charge on any atom is -0.480 e. The summed E-state index contributed by atoms with van der Waals surface area (Å²) < 4.78 is 0. The number of urea groups is 1. The van der Waals surface area contributed by atoms with Gasteiger partial charge in [0.25, 0.3) is 0 Å². The number of nitrogens with one attached hydrogen (secondary N) is 1. The van der Waals surface area contributed by atoms with E-state index in [2.05, 4.69) is 19.2 Å². The second-order valence-electron chi connectivity index (χ2n) is 5.28. The number of hydrogen-bond donors (Lipinski definition) is 2. The Morgan fingerprint density at radius 2 is 1.79 bits per heavy atom. The predicted molar refractivity (Wildman–Crippen MR) is 73.1 cm³/mol. The van der Waals surface area contributed by atoms with Crippen LogP contribution in [0.5, 0.6) is 0 Å². The van der Waals surface area contributed by atoms with Crippen LogP contribution in [0.1, 0.15) is 27.2 Å². The molecule has 2 amide bonds. The van der Waals surface area contributed by atoms with Crippen molar-refractivity contribution in [1.29, 1.82) is 0 Å². The van der Waals surface area contributed by atoms with Gasteiger partial charge < -0.3 is 15.3 Å². The molecule has 0 spiro atoms. The Hall–Kier alpha value is -1.30. The monoisotopic (exact) mass is 271 g/mol. The number of carboxylic acid groups (broad SMARTS) is 1. The highest BCUT2D eigenvalue weighted by molar-refractivity contribution is 5.74. The van der Waals surface area contributed by atoms with E-state index in [4.69, 9.17) is 5.11 Å². The van der Waals surface area contributed by atoms with Crippen LogP contribution >= 0.6 is 0 Å². The zero-order chi connectivity index (χ0) is 14.4. The molecule has 6 heteroatoms. The molecule has 0 aromatic carbocycles. The van der Waals surface area contributed by atoms with Gasteiger partial charge in [0.1, 0.15) is 0 Å². The van der Waals surface area contributed by atoms with Crippen LogP contribution in [0.15, 0.2) is 0 Å². The Morgan fingerprint density at radius 1 is 1.21 bits per heavy atom. The van der Waals surface area contributed by atoms with Crippen LogP contribution in [0.4, 0.5) is 4.79 Å². The molecule has 6 nitrogen and oxygen atoms in total. The van der Waals surface area contributed by atoms with E-state index in [1.54, 1.807) is 4.90 Å². The number of aliphatic carboxylic acids is 1. The van der Waals surface area contributed by atoms with Crippen molar-refractivity contribution in [1.82, 2.24) is 15.1 Å². The lowest BCUT2D eigenvalue weighted by atomic mass is 10.0. The van der Waals surface area contributed by atoms with Crippen LogP contribution in [-0.4, -0.2) is 65.7 Å². The summed E-state index contributed by atoms with van der Waals surface area (Å²) in [5.41, 5.74) is 0. The van der Waals surface area contributed by atoms with Gasteiger partial charge in [-0.3, -0.25) is 9.69 Å². The first kappa shape index (κ1) is 15.8. The van der Waals surface area contributed by atoms with Crippen LogP contribution in [0.25, 0.3) is 0 Å². The topological polar surface area (TPSA) is 72.9 Å². The van der Waals surface area contributed by atoms with Crippen LogP contribution in [-0.2, 0) is 4.79 Å². The van der Waals surface area contributed by atoms with Crippen molar-refractivity contribution in [3.63, 3.8) is 0 Å². The van der Waals surface area contributed by atoms with E-state index in [9.17, 15) is 9.59 Å². The molecule has 2 N–H and O–H groups in total. The van der Waals surface area contributed by atoms with E-state index in [0.717, 1.165) is 6.42 Å². The third-order valence-corrected chi connectivity index (χ3v) is 3.87. The minimum absolute atomic E-state index is 0.0391. The van der Waals surface area contributed by atoms with E-state index < -0.39 is 5.97 Å². The summed E-state index contributed by atoms with van der Waals surface area (Å²) in [5.74, 6) is -0.361. The average molecular weight is 271 g/mol. The number of hydrogen-bond acceptors (Lipinski definition) is 3. The summed E-state index contributed by atoms with van der Waals surface area (Å²) in [4.78, 5) is 26.3. The second-order valence-corrected chi connectivity index (χ2v) is 5.28. The van der Waals surface area contributed by atoms with Gasteiger partial charge in [-0.2, -0.15) is 0 Å². The van der Waals surface area contributed by atoms with Crippen molar-refractivity contribution in [3.8, 4) is 0 Å². The summed E-state index contributed by atoms with van der Waals surface area (Å²) in [6.07, 6.45) is 1.04. The Balaban J connectivity index is 2.34. The van der Waals surface area contributed by atoms with Crippen molar-refractivity contribution in [2.75, 3.05) is 32.7 Å². The van der Waals surface area contributed by atoms with Crippen LogP contribution in [0.2, 0.25) is 0 Å². The number of amides is 2. The van der Waals surface area contributed by atoms with Gasteiger partial charge in [-0.25, -0.2) is 4.79 Å². The van der Waals surface area contributed by atoms with Crippen molar-refractivity contribution in [2.24, 2.45) is 5.92 Å². The fourth-order valence-corrected chi connectivity index (χ4v) is 2.08. The van der Waals surface area contributed by atoms with Gasteiger partial charge >= 0.3 is 12.0 Å². The quantitative estimate of drug-likeness (QED) is 0.777. The van der Waals surface area contributed by atoms with Gasteiger partial charge in [0, 0.05) is 32.2 Å². The van der Waals surface area contributed by atoms with Gasteiger partial charge in [0.15, 0.2) is 0 Å². The first-order valence-corrected chi connectivity index (χ1v) is 6.93. The van der Waals surface area contributed by atoms with Crippen molar-refractivity contribution < 1.29 is 14.7 Å². The van der Waals surface area contributed by atoms with Crippen molar-refractivity contribution in [3.05, 3.63) is 0 Å².